The van der Waals surface area contributed by atoms with Crippen LogP contribution in [0.2, 0.25) is 0 Å². The smallest absolute Gasteiger partial charge is 0.416 e. The number of thiocarbonyl (C=S) groups is 1. The van der Waals surface area contributed by atoms with E-state index in [1.54, 1.807) is 7.11 Å². The molecule has 2 aliphatic heterocycles. The zero-order valence-corrected chi connectivity index (χ0v) is 21.7. The minimum Gasteiger partial charge on any atom is -0.497 e. The average molecular weight is 586 g/mol. The van der Waals surface area contributed by atoms with Gasteiger partial charge < -0.3 is 14.6 Å². The highest BCUT2D eigenvalue weighted by Crippen LogP contribution is 2.46. The number of hydrogen-bond donors (Lipinski definition) is 1. The Balaban J connectivity index is 1.51. The van der Waals surface area contributed by atoms with Gasteiger partial charge in [-0.25, -0.2) is 0 Å². The van der Waals surface area contributed by atoms with Crippen molar-refractivity contribution in [3.05, 3.63) is 93.6 Å². The highest BCUT2D eigenvalue weighted by atomic mass is 79.9. The summed E-state index contributed by atoms with van der Waals surface area (Å²) in [6, 6.07) is 17.0. The van der Waals surface area contributed by atoms with Gasteiger partial charge in [-0.15, -0.1) is 0 Å². The van der Waals surface area contributed by atoms with Gasteiger partial charge in [-0.1, -0.05) is 34.1 Å². The van der Waals surface area contributed by atoms with Crippen molar-refractivity contribution in [1.82, 2.24) is 9.88 Å². The van der Waals surface area contributed by atoms with Crippen LogP contribution in [-0.2, 0) is 17.4 Å². The van der Waals surface area contributed by atoms with Gasteiger partial charge in [-0.05, 0) is 71.9 Å². The Labute approximate surface area is 223 Å². The Morgan fingerprint density at radius 1 is 1.08 bits per heavy atom. The molecule has 0 radical (unpaired) electrons. The standard InChI is InChI=1S/C27H19BrF3N3O2S/c1-36-18-8-5-14(6-9-18)24-23-20(19-12-16(28)7-10-21(19)32-23)13-22-25(35)33(26(37)34(22)24)17-4-2-3-15(11-17)27(29,30)31/h2-12,22,24,32H,13H2,1H3. The summed E-state index contributed by atoms with van der Waals surface area (Å²) < 4.78 is 46.6. The molecule has 2 atom stereocenters. The summed E-state index contributed by atoms with van der Waals surface area (Å²) in [6.07, 6.45) is -4.17. The molecule has 1 amide bonds. The van der Waals surface area contributed by atoms with E-state index in [1.165, 1.54) is 17.0 Å². The molecule has 1 N–H and O–H groups in total. The summed E-state index contributed by atoms with van der Waals surface area (Å²) in [4.78, 5) is 20.4. The third kappa shape index (κ3) is 3.81. The molecule has 37 heavy (non-hydrogen) atoms. The van der Waals surface area contributed by atoms with E-state index in [9.17, 15) is 18.0 Å². The van der Waals surface area contributed by atoms with Crippen molar-refractivity contribution in [2.45, 2.75) is 24.7 Å². The Morgan fingerprint density at radius 2 is 1.84 bits per heavy atom. The molecule has 3 aromatic carbocycles. The Hall–Kier alpha value is -3.37. The molecule has 2 unspecified atom stereocenters. The number of ether oxygens (including phenoxy) is 1. The first-order chi connectivity index (χ1) is 17.7. The van der Waals surface area contributed by atoms with Crippen LogP contribution in [0.25, 0.3) is 10.9 Å². The molecular weight excluding hydrogens is 567 g/mol. The predicted molar refractivity (Wildman–Crippen MR) is 142 cm³/mol. The van der Waals surface area contributed by atoms with E-state index in [0.29, 0.717) is 12.2 Å². The van der Waals surface area contributed by atoms with Crippen LogP contribution < -0.4 is 9.64 Å². The number of carbonyl (C=O) groups excluding carboxylic acids is 1. The number of aromatic amines is 1. The maximum absolute atomic E-state index is 13.8. The zero-order chi connectivity index (χ0) is 26.1. The van der Waals surface area contributed by atoms with E-state index in [1.807, 2.05) is 47.4 Å². The highest BCUT2D eigenvalue weighted by molar-refractivity contribution is 9.10. The Kier molecular flexibility index (Phi) is 5.57. The summed E-state index contributed by atoms with van der Waals surface area (Å²) in [5, 5.41) is 1.15. The number of carbonyl (C=O) groups is 1. The summed E-state index contributed by atoms with van der Waals surface area (Å²) in [7, 11) is 1.58. The molecule has 6 rings (SSSR count). The quantitative estimate of drug-likeness (QED) is 0.275. The molecule has 2 aliphatic rings. The van der Waals surface area contributed by atoms with Gasteiger partial charge in [-0.3, -0.25) is 9.69 Å². The normalized spacial score (nSPS) is 19.4. The molecule has 0 aliphatic carbocycles. The first-order valence-electron chi connectivity index (χ1n) is 11.4. The summed E-state index contributed by atoms with van der Waals surface area (Å²) in [6.45, 7) is 0. The van der Waals surface area contributed by atoms with Gasteiger partial charge in [0.05, 0.1) is 24.4 Å². The lowest BCUT2D eigenvalue weighted by Crippen LogP contribution is -2.44. The molecule has 5 nitrogen and oxygen atoms in total. The number of halogens is 4. The van der Waals surface area contributed by atoms with Gasteiger partial charge in [0.15, 0.2) is 5.11 Å². The number of nitrogens with one attached hydrogen (secondary N) is 1. The molecule has 188 valence electrons. The molecule has 4 aromatic rings. The summed E-state index contributed by atoms with van der Waals surface area (Å²) >= 11 is 9.33. The first kappa shape index (κ1) is 24.0. The average Bonchev–Trinajstić information content (AvgIpc) is 3.36. The van der Waals surface area contributed by atoms with Crippen LogP contribution in [0.1, 0.15) is 28.4 Å². The van der Waals surface area contributed by atoms with Gasteiger partial charge in [-0.2, -0.15) is 13.2 Å². The van der Waals surface area contributed by atoms with Crippen molar-refractivity contribution in [3.63, 3.8) is 0 Å². The number of nitrogens with zero attached hydrogens (tertiary/aromatic N) is 2. The minimum absolute atomic E-state index is 0.101. The molecule has 1 saturated heterocycles. The van der Waals surface area contributed by atoms with E-state index in [2.05, 4.69) is 20.9 Å². The highest BCUT2D eigenvalue weighted by Gasteiger charge is 2.51. The van der Waals surface area contributed by atoms with Gasteiger partial charge in [0.25, 0.3) is 5.91 Å². The monoisotopic (exact) mass is 585 g/mol. The fraction of sp³-hybridized carbons (Fsp3) is 0.185. The van der Waals surface area contributed by atoms with Crippen molar-refractivity contribution in [1.29, 1.82) is 0 Å². The number of rotatable bonds is 3. The largest absolute Gasteiger partial charge is 0.497 e. The second-order valence-corrected chi connectivity index (χ2v) is 10.3. The van der Waals surface area contributed by atoms with E-state index in [4.69, 9.17) is 17.0 Å². The van der Waals surface area contributed by atoms with E-state index >= 15 is 0 Å². The fourth-order valence-electron chi connectivity index (χ4n) is 5.29. The van der Waals surface area contributed by atoms with Crippen LogP contribution in [0.4, 0.5) is 18.9 Å². The van der Waals surface area contributed by atoms with E-state index < -0.39 is 23.8 Å². The molecule has 0 spiro atoms. The third-order valence-electron chi connectivity index (χ3n) is 6.97. The molecular formula is C27H19BrF3N3O2S. The van der Waals surface area contributed by atoms with Crippen molar-refractivity contribution in [3.8, 4) is 5.75 Å². The van der Waals surface area contributed by atoms with Crippen molar-refractivity contribution >= 4 is 55.8 Å². The van der Waals surface area contributed by atoms with Gasteiger partial charge in [0.2, 0.25) is 0 Å². The zero-order valence-electron chi connectivity index (χ0n) is 19.3. The molecule has 0 bridgehead atoms. The number of fused-ring (bicyclic) bond motifs is 4. The van der Waals surface area contributed by atoms with Gasteiger partial charge in [0, 0.05) is 27.5 Å². The number of hydrogen-bond acceptors (Lipinski definition) is 3. The van der Waals surface area contributed by atoms with Crippen molar-refractivity contribution < 1.29 is 22.7 Å². The van der Waals surface area contributed by atoms with Crippen LogP contribution in [0.15, 0.2) is 71.2 Å². The fourth-order valence-corrected chi connectivity index (χ4v) is 6.08. The maximum Gasteiger partial charge on any atom is 0.416 e. The topological polar surface area (TPSA) is 48.6 Å². The van der Waals surface area contributed by atoms with Gasteiger partial charge in [0.1, 0.15) is 11.8 Å². The summed E-state index contributed by atoms with van der Waals surface area (Å²) in [5.41, 5.74) is 2.96. The Morgan fingerprint density at radius 3 is 2.54 bits per heavy atom. The number of alkyl halides is 3. The van der Waals surface area contributed by atoms with E-state index in [-0.39, 0.29) is 16.7 Å². The maximum atomic E-state index is 13.8. The third-order valence-corrected chi connectivity index (χ3v) is 7.85. The second kappa shape index (κ2) is 8.59. The predicted octanol–water partition coefficient (Wildman–Crippen LogP) is 6.61. The summed E-state index contributed by atoms with van der Waals surface area (Å²) in [5.74, 6) is 0.334. The molecule has 3 heterocycles. The van der Waals surface area contributed by atoms with Crippen LogP contribution in [0, 0.1) is 0 Å². The number of H-pyrrole nitrogens is 1. The van der Waals surface area contributed by atoms with Crippen molar-refractivity contribution in [2.24, 2.45) is 0 Å². The first-order valence-corrected chi connectivity index (χ1v) is 12.6. The number of aromatic nitrogens is 1. The molecule has 1 fully saturated rings. The van der Waals surface area contributed by atoms with Gasteiger partial charge >= 0.3 is 6.18 Å². The minimum atomic E-state index is -4.54. The lowest BCUT2D eigenvalue weighted by Gasteiger charge is -2.37. The molecule has 10 heteroatoms. The Bertz CT molecular complexity index is 1570. The van der Waals surface area contributed by atoms with Crippen molar-refractivity contribution in [2.75, 3.05) is 12.0 Å². The lowest BCUT2D eigenvalue weighted by atomic mass is 9.89. The van der Waals surface area contributed by atoms with Crippen LogP contribution in [0.5, 0.6) is 5.75 Å². The van der Waals surface area contributed by atoms with Crippen LogP contribution >= 0.6 is 28.1 Å². The molecule has 0 saturated carbocycles. The van der Waals surface area contributed by atoms with Crippen LogP contribution in [-0.4, -0.2) is 34.1 Å². The molecule has 1 aromatic heterocycles. The number of amides is 1. The second-order valence-electron chi connectivity index (χ2n) is 9.01. The SMILES string of the molecule is COc1ccc(C2c3[nH]c4ccc(Br)cc4c3CC3C(=O)N(c4cccc(C(F)(F)F)c4)C(=S)N32)cc1. The number of anilines is 1. The number of methoxy groups -OCH3 is 1. The van der Waals surface area contributed by atoms with Crippen LogP contribution in [0.3, 0.4) is 0 Å². The van der Waals surface area contributed by atoms with E-state index in [0.717, 1.165) is 44.3 Å². The lowest BCUT2D eigenvalue weighted by molar-refractivity contribution is -0.137. The number of benzene rings is 3.